The van der Waals surface area contributed by atoms with E-state index < -0.39 is 0 Å². The average Bonchev–Trinajstić information content (AvgIpc) is 3.23. The Kier molecular flexibility index (Phi) is 4.03. The van der Waals surface area contributed by atoms with Gasteiger partial charge in [-0.05, 0) is 38.1 Å². The number of piperidine rings is 1. The average molecular weight is 340 g/mol. The number of aromatic nitrogens is 5. The number of fused-ring (bicyclic) bond motifs is 1. The molecule has 1 fully saturated rings. The van der Waals surface area contributed by atoms with Crippen molar-refractivity contribution in [3.05, 3.63) is 41.7 Å². The fourth-order valence-corrected chi connectivity index (χ4v) is 3.37. The summed E-state index contributed by atoms with van der Waals surface area (Å²) in [6.45, 7) is 9.48. The van der Waals surface area contributed by atoms with Crippen LogP contribution in [0.25, 0.3) is 5.65 Å². The predicted molar refractivity (Wildman–Crippen MR) is 93.2 cm³/mol. The first-order valence-corrected chi connectivity index (χ1v) is 8.84. The zero-order chi connectivity index (χ0) is 17.4. The minimum Gasteiger partial charge on any atom is -0.364 e. The van der Waals surface area contributed by atoms with Crippen LogP contribution in [-0.4, -0.2) is 43.0 Å². The highest BCUT2D eigenvalue weighted by molar-refractivity contribution is 5.37. The van der Waals surface area contributed by atoms with Crippen LogP contribution in [0.5, 0.6) is 0 Å². The van der Waals surface area contributed by atoms with Crippen LogP contribution in [0.15, 0.2) is 29.1 Å². The van der Waals surface area contributed by atoms with Crippen molar-refractivity contribution >= 4 is 5.65 Å². The molecule has 1 aliphatic heterocycles. The minimum atomic E-state index is 0.0116. The summed E-state index contributed by atoms with van der Waals surface area (Å²) in [5.74, 6) is 1.39. The summed E-state index contributed by atoms with van der Waals surface area (Å²) in [5.41, 5.74) is 3.03. The fourth-order valence-electron chi connectivity index (χ4n) is 3.37. The van der Waals surface area contributed by atoms with Gasteiger partial charge < -0.3 is 4.52 Å². The van der Waals surface area contributed by atoms with Crippen LogP contribution in [-0.2, 0) is 12.0 Å². The lowest BCUT2D eigenvalue weighted by molar-refractivity contribution is 0.200. The summed E-state index contributed by atoms with van der Waals surface area (Å²) in [6, 6.07) is 4.07. The van der Waals surface area contributed by atoms with Crippen molar-refractivity contribution in [1.82, 2.24) is 29.9 Å². The van der Waals surface area contributed by atoms with Crippen molar-refractivity contribution in [2.75, 3.05) is 13.1 Å². The first-order valence-electron chi connectivity index (χ1n) is 8.84. The number of rotatable bonds is 3. The molecular formula is C18H24N6O. The van der Waals surface area contributed by atoms with E-state index in [0.717, 1.165) is 55.2 Å². The maximum Gasteiger partial charge on any atom is 0.177 e. The van der Waals surface area contributed by atoms with E-state index in [4.69, 9.17) is 9.62 Å². The lowest BCUT2D eigenvalue weighted by Gasteiger charge is -2.30. The second-order valence-corrected chi connectivity index (χ2v) is 7.88. The third-order valence-corrected chi connectivity index (χ3v) is 4.90. The van der Waals surface area contributed by atoms with Gasteiger partial charge in [0, 0.05) is 23.4 Å². The van der Waals surface area contributed by atoms with Gasteiger partial charge in [0.15, 0.2) is 11.5 Å². The Balaban J connectivity index is 1.51. The normalized spacial score (nSPS) is 17.4. The maximum absolute atomic E-state index is 4.92. The molecule has 7 heteroatoms. The standard InChI is InChI=1S/C18H24N6O/c1-18(2,3)15-4-5-16-20-21-17(24(16)22-15)14-6-8-23(9-7-14)11-13-10-19-25-12-13/h4-5,10,12,14H,6-9,11H2,1-3H3. The van der Waals surface area contributed by atoms with Crippen molar-refractivity contribution in [1.29, 1.82) is 0 Å². The van der Waals surface area contributed by atoms with E-state index in [1.54, 1.807) is 12.5 Å². The molecule has 0 radical (unpaired) electrons. The maximum atomic E-state index is 4.92. The van der Waals surface area contributed by atoms with E-state index in [1.807, 2.05) is 10.6 Å². The van der Waals surface area contributed by atoms with Crippen LogP contribution in [0.3, 0.4) is 0 Å². The van der Waals surface area contributed by atoms with Gasteiger partial charge in [-0.3, -0.25) is 4.90 Å². The fraction of sp³-hybridized carbons (Fsp3) is 0.556. The van der Waals surface area contributed by atoms with Crippen molar-refractivity contribution < 1.29 is 4.52 Å². The molecule has 3 aromatic heterocycles. The lowest BCUT2D eigenvalue weighted by Crippen LogP contribution is -2.33. The summed E-state index contributed by atoms with van der Waals surface area (Å²) in [4.78, 5) is 2.43. The molecule has 0 bridgehead atoms. The largest absolute Gasteiger partial charge is 0.364 e. The van der Waals surface area contributed by atoms with E-state index in [1.165, 1.54) is 0 Å². The zero-order valence-electron chi connectivity index (χ0n) is 15.0. The molecule has 0 aromatic carbocycles. The third kappa shape index (κ3) is 3.28. The van der Waals surface area contributed by atoms with Gasteiger partial charge in [-0.25, -0.2) is 0 Å². The van der Waals surface area contributed by atoms with Crippen molar-refractivity contribution in [3.8, 4) is 0 Å². The molecular weight excluding hydrogens is 316 g/mol. The van der Waals surface area contributed by atoms with Crippen LogP contribution in [0.4, 0.5) is 0 Å². The molecule has 1 aliphatic rings. The highest BCUT2D eigenvalue weighted by Gasteiger charge is 2.26. The zero-order valence-corrected chi connectivity index (χ0v) is 15.0. The molecule has 132 valence electrons. The molecule has 4 heterocycles. The highest BCUT2D eigenvalue weighted by Crippen LogP contribution is 2.28. The molecule has 0 unspecified atom stereocenters. The Morgan fingerprint density at radius 1 is 1.16 bits per heavy atom. The molecule has 0 aliphatic carbocycles. The SMILES string of the molecule is CC(C)(C)c1ccc2nnc(C3CCN(Cc4cnoc4)CC3)n2n1. The van der Waals surface area contributed by atoms with Gasteiger partial charge in [0.05, 0.1) is 11.9 Å². The van der Waals surface area contributed by atoms with Crippen LogP contribution < -0.4 is 0 Å². The second kappa shape index (κ2) is 6.22. The molecule has 0 amide bonds. The monoisotopic (exact) mass is 340 g/mol. The molecule has 3 aromatic rings. The van der Waals surface area contributed by atoms with Gasteiger partial charge >= 0.3 is 0 Å². The predicted octanol–water partition coefficient (Wildman–Crippen LogP) is 2.79. The summed E-state index contributed by atoms with van der Waals surface area (Å²) in [6.07, 6.45) is 5.63. The van der Waals surface area contributed by atoms with Gasteiger partial charge in [0.25, 0.3) is 0 Å². The Morgan fingerprint density at radius 2 is 1.96 bits per heavy atom. The van der Waals surface area contributed by atoms with E-state index in [2.05, 4.69) is 47.1 Å². The van der Waals surface area contributed by atoms with E-state index >= 15 is 0 Å². The molecule has 1 saturated heterocycles. The topological polar surface area (TPSA) is 72.4 Å². The quantitative estimate of drug-likeness (QED) is 0.730. The summed E-state index contributed by atoms with van der Waals surface area (Å²) >= 11 is 0. The van der Waals surface area contributed by atoms with Crippen molar-refractivity contribution in [2.45, 2.75) is 51.5 Å². The second-order valence-electron chi connectivity index (χ2n) is 7.88. The Bertz CT molecular complexity index is 840. The molecule has 0 N–H and O–H groups in total. The summed E-state index contributed by atoms with van der Waals surface area (Å²) in [7, 11) is 0. The molecule has 0 spiro atoms. The Labute approximate surface area is 147 Å². The molecule has 0 atom stereocenters. The van der Waals surface area contributed by atoms with Crippen LogP contribution >= 0.6 is 0 Å². The van der Waals surface area contributed by atoms with Gasteiger partial charge in [0.1, 0.15) is 6.26 Å². The van der Waals surface area contributed by atoms with Crippen molar-refractivity contribution in [3.63, 3.8) is 0 Å². The van der Waals surface area contributed by atoms with Crippen molar-refractivity contribution in [2.24, 2.45) is 0 Å². The van der Waals surface area contributed by atoms with Crippen LogP contribution in [0.1, 0.15) is 56.6 Å². The molecule has 4 rings (SSSR count). The van der Waals surface area contributed by atoms with Gasteiger partial charge in [-0.15, -0.1) is 10.2 Å². The number of hydrogen-bond acceptors (Lipinski definition) is 6. The number of nitrogens with zero attached hydrogens (tertiary/aromatic N) is 6. The number of hydrogen-bond donors (Lipinski definition) is 0. The van der Waals surface area contributed by atoms with Gasteiger partial charge in [-0.1, -0.05) is 25.9 Å². The lowest BCUT2D eigenvalue weighted by atomic mass is 9.92. The summed E-state index contributed by atoms with van der Waals surface area (Å²) in [5, 5.41) is 17.4. The number of likely N-dealkylation sites (tertiary alicyclic amines) is 1. The van der Waals surface area contributed by atoms with E-state index in [0.29, 0.717) is 5.92 Å². The van der Waals surface area contributed by atoms with E-state index in [-0.39, 0.29) is 5.41 Å². The minimum absolute atomic E-state index is 0.0116. The molecule has 25 heavy (non-hydrogen) atoms. The van der Waals surface area contributed by atoms with E-state index in [9.17, 15) is 0 Å². The molecule has 0 saturated carbocycles. The third-order valence-electron chi connectivity index (χ3n) is 4.90. The smallest absolute Gasteiger partial charge is 0.177 e. The van der Waals surface area contributed by atoms with Gasteiger partial charge in [0.2, 0.25) is 0 Å². The van der Waals surface area contributed by atoms with Crippen LogP contribution in [0, 0.1) is 0 Å². The van der Waals surface area contributed by atoms with Crippen LogP contribution in [0.2, 0.25) is 0 Å². The van der Waals surface area contributed by atoms with Gasteiger partial charge in [-0.2, -0.15) is 9.61 Å². The first kappa shape index (κ1) is 16.2. The molecule has 7 nitrogen and oxygen atoms in total. The summed E-state index contributed by atoms with van der Waals surface area (Å²) < 4.78 is 6.86. The highest BCUT2D eigenvalue weighted by atomic mass is 16.5. The Hall–Kier alpha value is -2.28. The Morgan fingerprint density at radius 3 is 2.64 bits per heavy atom. The first-order chi connectivity index (χ1) is 12.0.